The average Bonchev–Trinajstić information content (AvgIpc) is 3.09. The predicted molar refractivity (Wildman–Crippen MR) is 193 cm³/mol. The number of rotatable bonds is 14. The number of nitrogens with zero attached hydrogens (tertiary/aromatic N) is 2. The highest BCUT2D eigenvalue weighted by atomic mass is 16.5. The topological polar surface area (TPSA) is 15.7 Å². The molecule has 4 aromatic rings. The quantitative estimate of drug-likeness (QED) is 0.105. The summed E-state index contributed by atoms with van der Waals surface area (Å²) in [6.07, 6.45) is 15.4. The summed E-state index contributed by atoms with van der Waals surface area (Å²) in [5.41, 5.74) is 9.25. The molecule has 236 valence electrons. The number of unbranched alkanes of at least 4 members (excludes halogenated alkanes) is 10. The standard InChI is InChI=1S/C43H48N2O/c1-3-5-7-9-11-16-31-44-34-23-18-24-35-40(34)43(30-29-33-21-14-13-15-22-33)41-36(44)25-19-27-38(41)46-39-28-20-26-37(42(39)43)45(35)32-17-12-10-8-6-4-2/h13-15,18-28H,3-12,16-17,31-32H2,1-2H3. The van der Waals surface area contributed by atoms with Gasteiger partial charge in [-0.1, -0.05) is 126 Å². The molecular weight excluding hydrogens is 560 g/mol. The van der Waals surface area contributed by atoms with E-state index in [0.29, 0.717) is 0 Å². The van der Waals surface area contributed by atoms with E-state index in [1.165, 1.54) is 116 Å². The van der Waals surface area contributed by atoms with Gasteiger partial charge in [-0.15, -0.1) is 0 Å². The summed E-state index contributed by atoms with van der Waals surface area (Å²) in [6, 6.07) is 30.7. The van der Waals surface area contributed by atoms with Crippen LogP contribution in [0.1, 0.15) is 113 Å². The zero-order valence-electron chi connectivity index (χ0n) is 27.8. The smallest absolute Gasteiger partial charge is 0.134 e. The molecule has 0 aliphatic carbocycles. The van der Waals surface area contributed by atoms with Gasteiger partial charge in [-0.3, -0.25) is 0 Å². The lowest BCUT2D eigenvalue weighted by Crippen LogP contribution is -2.44. The van der Waals surface area contributed by atoms with Crippen molar-refractivity contribution < 1.29 is 4.74 Å². The van der Waals surface area contributed by atoms with Crippen molar-refractivity contribution in [2.45, 2.75) is 96.3 Å². The lowest BCUT2D eigenvalue weighted by molar-refractivity contribution is 0.437. The largest absolute Gasteiger partial charge is 0.456 e. The molecule has 3 heteroatoms. The van der Waals surface area contributed by atoms with Gasteiger partial charge in [0.05, 0.1) is 11.4 Å². The minimum absolute atomic E-state index is 0.618. The van der Waals surface area contributed by atoms with Gasteiger partial charge < -0.3 is 14.5 Å². The molecule has 0 atom stereocenters. The molecule has 3 heterocycles. The summed E-state index contributed by atoms with van der Waals surface area (Å²) < 4.78 is 6.84. The number of ether oxygens (including phenoxy) is 1. The van der Waals surface area contributed by atoms with Crippen LogP contribution in [0.4, 0.5) is 22.7 Å². The fraction of sp³-hybridized carbons (Fsp3) is 0.395. The molecule has 0 fully saturated rings. The van der Waals surface area contributed by atoms with Gasteiger partial charge in [0.25, 0.3) is 0 Å². The second-order valence-electron chi connectivity index (χ2n) is 13.3. The van der Waals surface area contributed by atoms with Crippen LogP contribution in [0.25, 0.3) is 0 Å². The van der Waals surface area contributed by atoms with Crippen LogP contribution in [0.2, 0.25) is 0 Å². The van der Waals surface area contributed by atoms with Crippen molar-refractivity contribution in [1.82, 2.24) is 0 Å². The molecular formula is C43H48N2O. The van der Waals surface area contributed by atoms with Crippen molar-refractivity contribution in [3.8, 4) is 23.3 Å². The van der Waals surface area contributed by atoms with Crippen LogP contribution in [-0.2, 0) is 5.41 Å². The summed E-state index contributed by atoms with van der Waals surface area (Å²) >= 11 is 0. The molecule has 0 N–H and O–H groups in total. The van der Waals surface area contributed by atoms with Gasteiger partial charge in [-0.25, -0.2) is 0 Å². The Morgan fingerprint density at radius 3 is 1.48 bits per heavy atom. The van der Waals surface area contributed by atoms with Gasteiger partial charge in [0.15, 0.2) is 0 Å². The second kappa shape index (κ2) is 13.7. The van der Waals surface area contributed by atoms with E-state index >= 15 is 0 Å². The summed E-state index contributed by atoms with van der Waals surface area (Å²) in [5, 5.41) is 0. The third kappa shape index (κ3) is 5.37. The maximum absolute atomic E-state index is 6.84. The number of hydrogen-bond donors (Lipinski definition) is 0. The Hall–Kier alpha value is -4.16. The molecule has 4 aromatic carbocycles. The van der Waals surface area contributed by atoms with Gasteiger partial charge in [0.1, 0.15) is 16.9 Å². The van der Waals surface area contributed by atoms with Crippen molar-refractivity contribution >= 4 is 22.7 Å². The molecule has 0 unspecified atom stereocenters. The molecule has 0 bridgehead atoms. The fourth-order valence-corrected chi connectivity index (χ4v) is 7.99. The SMILES string of the molecule is CCCCCCCCN1c2cccc3c2C2(C#Cc4ccccc4)c4c(cccc4N(CCCCCCCC)c4cccc1c42)O3. The highest BCUT2D eigenvalue weighted by Gasteiger charge is 2.55. The Morgan fingerprint density at radius 2 is 0.957 bits per heavy atom. The Bertz CT molecular complexity index is 1640. The number of hydrogen-bond acceptors (Lipinski definition) is 3. The minimum Gasteiger partial charge on any atom is -0.456 e. The van der Waals surface area contributed by atoms with Gasteiger partial charge >= 0.3 is 0 Å². The van der Waals surface area contributed by atoms with E-state index in [4.69, 9.17) is 4.74 Å². The highest BCUT2D eigenvalue weighted by molar-refractivity contribution is 5.97. The first-order chi connectivity index (χ1) is 22.8. The summed E-state index contributed by atoms with van der Waals surface area (Å²) in [5.74, 6) is 9.52. The molecule has 0 amide bonds. The lowest BCUT2D eigenvalue weighted by atomic mass is 9.62. The lowest BCUT2D eigenvalue weighted by Gasteiger charge is -2.52. The van der Waals surface area contributed by atoms with E-state index in [1.54, 1.807) is 0 Å². The first-order valence-electron chi connectivity index (χ1n) is 18.0. The zero-order chi connectivity index (χ0) is 31.3. The van der Waals surface area contributed by atoms with Crippen LogP contribution in [-0.4, -0.2) is 13.1 Å². The normalized spacial score (nSPS) is 14.3. The maximum Gasteiger partial charge on any atom is 0.134 e. The van der Waals surface area contributed by atoms with Crippen molar-refractivity contribution in [1.29, 1.82) is 0 Å². The van der Waals surface area contributed by atoms with Crippen LogP contribution in [0.15, 0.2) is 84.9 Å². The number of anilines is 4. The molecule has 0 saturated heterocycles. The van der Waals surface area contributed by atoms with Crippen molar-refractivity contribution in [2.75, 3.05) is 22.9 Å². The molecule has 46 heavy (non-hydrogen) atoms. The Kier molecular flexibility index (Phi) is 9.07. The third-order valence-corrected chi connectivity index (χ3v) is 10.2. The van der Waals surface area contributed by atoms with E-state index in [-0.39, 0.29) is 0 Å². The van der Waals surface area contributed by atoms with Crippen LogP contribution in [0.3, 0.4) is 0 Å². The molecule has 3 nitrogen and oxygen atoms in total. The predicted octanol–water partition coefficient (Wildman–Crippen LogP) is 11.8. The van der Waals surface area contributed by atoms with Crippen molar-refractivity contribution in [3.63, 3.8) is 0 Å². The van der Waals surface area contributed by atoms with Crippen molar-refractivity contribution in [2.24, 2.45) is 0 Å². The van der Waals surface area contributed by atoms with Gasteiger partial charge in [-0.2, -0.15) is 0 Å². The van der Waals surface area contributed by atoms with Crippen molar-refractivity contribution in [3.05, 3.63) is 107 Å². The summed E-state index contributed by atoms with van der Waals surface area (Å²) in [4.78, 5) is 5.18. The Balaban J connectivity index is 1.39. The third-order valence-electron chi connectivity index (χ3n) is 10.2. The van der Waals surface area contributed by atoms with Crippen LogP contribution in [0, 0.1) is 11.8 Å². The monoisotopic (exact) mass is 608 g/mol. The zero-order valence-corrected chi connectivity index (χ0v) is 27.8. The van der Waals surface area contributed by atoms with E-state index in [9.17, 15) is 0 Å². The maximum atomic E-state index is 6.84. The van der Waals surface area contributed by atoms with E-state index in [0.717, 1.165) is 30.2 Å². The van der Waals surface area contributed by atoms with Crippen LogP contribution in [0.5, 0.6) is 11.5 Å². The molecule has 0 aromatic heterocycles. The van der Waals surface area contributed by atoms with E-state index in [2.05, 4.69) is 120 Å². The second-order valence-corrected chi connectivity index (χ2v) is 13.3. The highest BCUT2D eigenvalue weighted by Crippen LogP contribution is 2.66. The van der Waals surface area contributed by atoms with Gasteiger partial charge in [0, 0.05) is 46.7 Å². The molecule has 3 aliphatic heterocycles. The molecule has 0 spiro atoms. The number of benzene rings is 4. The van der Waals surface area contributed by atoms with Crippen LogP contribution < -0.4 is 14.5 Å². The summed E-state index contributed by atoms with van der Waals surface area (Å²) in [7, 11) is 0. The fourth-order valence-electron chi connectivity index (χ4n) is 7.99. The van der Waals surface area contributed by atoms with E-state index < -0.39 is 5.41 Å². The average molecular weight is 609 g/mol. The van der Waals surface area contributed by atoms with Crippen LogP contribution >= 0.6 is 0 Å². The Labute approximate surface area is 276 Å². The Morgan fingerprint density at radius 1 is 0.500 bits per heavy atom. The van der Waals surface area contributed by atoms with Gasteiger partial charge in [-0.05, 0) is 61.4 Å². The summed E-state index contributed by atoms with van der Waals surface area (Å²) in [6.45, 7) is 6.57. The minimum atomic E-state index is -0.618. The van der Waals surface area contributed by atoms with E-state index in [1.807, 2.05) is 0 Å². The first-order valence-corrected chi connectivity index (χ1v) is 18.0. The van der Waals surface area contributed by atoms with Gasteiger partial charge in [0.2, 0.25) is 0 Å². The molecule has 0 saturated carbocycles. The first kappa shape index (κ1) is 30.5. The molecule has 3 aliphatic rings. The molecule has 0 radical (unpaired) electrons. The molecule has 7 rings (SSSR count).